The molecule has 2 N–H and O–H groups in total. The molecule has 1 aliphatic rings. The van der Waals surface area contributed by atoms with Crippen LogP contribution in [0.2, 0.25) is 0 Å². The number of rotatable bonds is 6. The highest BCUT2D eigenvalue weighted by Crippen LogP contribution is 2.14. The molecule has 1 amide bonds. The minimum Gasteiger partial charge on any atom is -0.497 e. The van der Waals surface area contributed by atoms with Crippen LogP contribution in [0.1, 0.15) is 12.5 Å². The quantitative estimate of drug-likeness (QED) is 0.802. The summed E-state index contributed by atoms with van der Waals surface area (Å²) < 4.78 is 18.2. The summed E-state index contributed by atoms with van der Waals surface area (Å²) in [5.41, 5.74) is 2.08. The number of nitrogens with one attached hydrogen (secondary N) is 2. The molecule has 0 aliphatic carbocycles. The van der Waals surface area contributed by atoms with Crippen LogP contribution < -0.4 is 19.9 Å². The second-order valence-corrected chi connectivity index (χ2v) is 6.91. The highest BCUT2D eigenvalue weighted by atomic mass is 19.1. The van der Waals surface area contributed by atoms with Crippen molar-refractivity contribution >= 4 is 11.6 Å². The molecule has 0 unspecified atom stereocenters. The summed E-state index contributed by atoms with van der Waals surface area (Å²) in [6.45, 7) is 5.98. The third-order valence-corrected chi connectivity index (χ3v) is 5.23. The zero-order chi connectivity index (χ0) is 19.2. The first-order chi connectivity index (χ1) is 13.1. The number of hydrogen-bond acceptors (Lipinski definition) is 3. The highest BCUT2D eigenvalue weighted by molar-refractivity contribution is 5.79. The van der Waals surface area contributed by atoms with Crippen LogP contribution in [0.25, 0.3) is 0 Å². The summed E-state index contributed by atoms with van der Waals surface area (Å²) in [7, 11) is 1.64. The number of carbonyl (C=O) groups is 1. The van der Waals surface area contributed by atoms with Crippen LogP contribution in [0, 0.1) is 5.82 Å². The molecule has 2 aromatic rings. The number of amides is 1. The van der Waals surface area contributed by atoms with Crippen molar-refractivity contribution in [2.75, 3.05) is 38.2 Å². The van der Waals surface area contributed by atoms with Gasteiger partial charge in [-0.05, 0) is 48.9 Å². The second-order valence-electron chi connectivity index (χ2n) is 6.91. The van der Waals surface area contributed by atoms with Crippen molar-refractivity contribution in [1.82, 2.24) is 5.32 Å². The molecule has 0 aromatic heterocycles. The van der Waals surface area contributed by atoms with Crippen molar-refractivity contribution in [2.24, 2.45) is 0 Å². The maximum atomic E-state index is 13.1. The molecule has 1 saturated heterocycles. The monoisotopic (exact) mass is 372 g/mol. The van der Waals surface area contributed by atoms with Gasteiger partial charge in [0, 0.05) is 12.2 Å². The lowest BCUT2D eigenvalue weighted by Crippen LogP contribution is -3.19. The molecule has 1 atom stereocenters. The predicted octanol–water partition coefficient (Wildman–Crippen LogP) is 1.24. The summed E-state index contributed by atoms with van der Waals surface area (Å²) in [6.07, 6.45) is 0. The fourth-order valence-corrected chi connectivity index (χ4v) is 3.41. The fourth-order valence-electron chi connectivity index (χ4n) is 3.41. The first kappa shape index (κ1) is 19.2. The summed E-state index contributed by atoms with van der Waals surface area (Å²) >= 11 is 0. The van der Waals surface area contributed by atoms with Crippen LogP contribution in [0.4, 0.5) is 10.1 Å². The van der Waals surface area contributed by atoms with Gasteiger partial charge in [0.1, 0.15) is 11.6 Å². The van der Waals surface area contributed by atoms with Crippen LogP contribution in [0.3, 0.4) is 0 Å². The standard InChI is InChI=1S/C21H26FN3O2/c1-16(21(26)23-15-17-3-9-20(27-2)10-4-17)24-11-13-25(14-12-24)19-7-5-18(22)6-8-19/h3-10,16H,11-15H2,1-2H3,(H,23,26)/p+1/t16-/m1/s1. The van der Waals surface area contributed by atoms with E-state index in [2.05, 4.69) is 10.2 Å². The Bertz CT molecular complexity index is 741. The number of nitrogens with zero attached hydrogens (tertiary/aromatic N) is 1. The Morgan fingerprint density at radius 3 is 2.37 bits per heavy atom. The van der Waals surface area contributed by atoms with E-state index in [9.17, 15) is 9.18 Å². The van der Waals surface area contributed by atoms with Gasteiger partial charge < -0.3 is 19.9 Å². The van der Waals surface area contributed by atoms with Crippen LogP contribution in [-0.4, -0.2) is 45.2 Å². The summed E-state index contributed by atoms with van der Waals surface area (Å²) in [5, 5.41) is 3.03. The smallest absolute Gasteiger partial charge is 0.278 e. The van der Waals surface area contributed by atoms with E-state index < -0.39 is 0 Å². The van der Waals surface area contributed by atoms with Crippen molar-refractivity contribution < 1.29 is 18.8 Å². The van der Waals surface area contributed by atoms with Gasteiger partial charge in [0.25, 0.3) is 5.91 Å². The van der Waals surface area contributed by atoms with Gasteiger partial charge in [0.05, 0.1) is 33.3 Å². The van der Waals surface area contributed by atoms with Gasteiger partial charge in [0.2, 0.25) is 0 Å². The first-order valence-electron chi connectivity index (χ1n) is 9.32. The molecule has 5 nitrogen and oxygen atoms in total. The zero-order valence-corrected chi connectivity index (χ0v) is 15.9. The van der Waals surface area contributed by atoms with Gasteiger partial charge in [-0.25, -0.2) is 4.39 Å². The Labute approximate surface area is 159 Å². The minimum absolute atomic E-state index is 0.0658. The Morgan fingerprint density at radius 2 is 1.78 bits per heavy atom. The average Bonchev–Trinajstić information content (AvgIpc) is 2.72. The number of methoxy groups -OCH3 is 1. The second kappa shape index (κ2) is 8.86. The van der Waals surface area contributed by atoms with E-state index in [1.165, 1.54) is 17.0 Å². The SMILES string of the molecule is COc1ccc(CNC(=O)[C@@H](C)[NH+]2CCN(c3ccc(F)cc3)CC2)cc1. The summed E-state index contributed by atoms with van der Waals surface area (Å²) in [6, 6.07) is 14.2. The normalized spacial score (nSPS) is 16.0. The first-order valence-corrected chi connectivity index (χ1v) is 9.32. The molecule has 144 valence electrons. The third-order valence-electron chi connectivity index (χ3n) is 5.23. The molecule has 0 saturated carbocycles. The number of ether oxygens (including phenoxy) is 1. The van der Waals surface area contributed by atoms with Crippen molar-refractivity contribution in [3.8, 4) is 5.75 Å². The van der Waals surface area contributed by atoms with Crippen LogP contribution in [-0.2, 0) is 11.3 Å². The fraction of sp³-hybridized carbons (Fsp3) is 0.381. The molecule has 27 heavy (non-hydrogen) atoms. The van der Waals surface area contributed by atoms with Gasteiger partial charge in [-0.15, -0.1) is 0 Å². The van der Waals surface area contributed by atoms with E-state index in [0.29, 0.717) is 6.54 Å². The molecule has 0 radical (unpaired) electrons. The Balaban J connectivity index is 1.47. The maximum Gasteiger partial charge on any atom is 0.278 e. The Morgan fingerprint density at radius 1 is 1.15 bits per heavy atom. The number of anilines is 1. The number of piperazine rings is 1. The van der Waals surface area contributed by atoms with Crippen molar-refractivity contribution in [2.45, 2.75) is 19.5 Å². The van der Waals surface area contributed by atoms with E-state index in [0.717, 1.165) is 43.2 Å². The molecule has 1 heterocycles. The maximum absolute atomic E-state index is 13.1. The van der Waals surface area contributed by atoms with Crippen LogP contribution in [0.5, 0.6) is 5.75 Å². The number of quaternary nitrogens is 1. The van der Waals surface area contributed by atoms with Crippen LogP contribution >= 0.6 is 0 Å². The lowest BCUT2D eigenvalue weighted by atomic mass is 10.1. The van der Waals surface area contributed by atoms with Crippen LogP contribution in [0.15, 0.2) is 48.5 Å². The Hall–Kier alpha value is -2.60. The van der Waals surface area contributed by atoms with Gasteiger partial charge in [-0.1, -0.05) is 12.1 Å². The van der Waals surface area contributed by atoms with E-state index in [4.69, 9.17) is 4.74 Å². The Kier molecular flexibility index (Phi) is 6.29. The van der Waals surface area contributed by atoms with E-state index in [-0.39, 0.29) is 17.8 Å². The molecule has 0 spiro atoms. The van der Waals surface area contributed by atoms with E-state index in [1.54, 1.807) is 7.11 Å². The molecular formula is C21H27FN3O2+. The van der Waals surface area contributed by atoms with Gasteiger partial charge in [0.15, 0.2) is 6.04 Å². The molecule has 2 aromatic carbocycles. The number of carbonyl (C=O) groups excluding carboxylic acids is 1. The molecule has 1 aliphatic heterocycles. The van der Waals surface area contributed by atoms with Gasteiger partial charge in [-0.3, -0.25) is 4.79 Å². The predicted molar refractivity (Wildman–Crippen MR) is 104 cm³/mol. The van der Waals surface area contributed by atoms with E-state index >= 15 is 0 Å². The van der Waals surface area contributed by atoms with Gasteiger partial charge >= 0.3 is 0 Å². The van der Waals surface area contributed by atoms with Gasteiger partial charge in [-0.2, -0.15) is 0 Å². The molecular weight excluding hydrogens is 345 g/mol. The summed E-state index contributed by atoms with van der Waals surface area (Å²) in [4.78, 5) is 16.0. The largest absolute Gasteiger partial charge is 0.497 e. The van der Waals surface area contributed by atoms with E-state index in [1.807, 2.05) is 43.3 Å². The number of benzene rings is 2. The zero-order valence-electron chi connectivity index (χ0n) is 15.9. The minimum atomic E-state index is -0.217. The third kappa shape index (κ3) is 4.98. The van der Waals surface area contributed by atoms with Crippen molar-refractivity contribution in [3.63, 3.8) is 0 Å². The average molecular weight is 372 g/mol. The number of halogens is 1. The lowest BCUT2D eigenvalue weighted by molar-refractivity contribution is -0.914. The topological polar surface area (TPSA) is 46.0 Å². The molecule has 0 bridgehead atoms. The van der Waals surface area contributed by atoms with Crippen molar-refractivity contribution in [3.05, 3.63) is 59.9 Å². The van der Waals surface area contributed by atoms with Crippen molar-refractivity contribution in [1.29, 1.82) is 0 Å². The highest BCUT2D eigenvalue weighted by Gasteiger charge is 2.29. The molecule has 6 heteroatoms. The lowest BCUT2D eigenvalue weighted by Gasteiger charge is -2.36. The molecule has 3 rings (SSSR count). The number of hydrogen-bond donors (Lipinski definition) is 2. The summed E-state index contributed by atoms with van der Waals surface area (Å²) in [5.74, 6) is 0.656. The molecule has 1 fully saturated rings.